The lowest BCUT2D eigenvalue weighted by molar-refractivity contribution is 0.590. The van der Waals surface area contributed by atoms with Crippen LogP contribution < -0.4 is 26.4 Å². The lowest BCUT2D eigenvalue weighted by Gasteiger charge is -2.42. The summed E-state index contributed by atoms with van der Waals surface area (Å²) in [5.74, 6) is 0. The van der Waals surface area contributed by atoms with Crippen molar-refractivity contribution in [2.75, 3.05) is 9.80 Å². The van der Waals surface area contributed by atoms with Crippen LogP contribution in [0.15, 0.2) is 106 Å². The van der Waals surface area contributed by atoms with E-state index in [4.69, 9.17) is 21.2 Å². The molecular weight excluding hydrogens is 683 g/mol. The van der Waals surface area contributed by atoms with Crippen molar-refractivity contribution in [2.24, 2.45) is 0 Å². The highest BCUT2D eigenvalue weighted by Crippen LogP contribution is 2.48. The van der Waals surface area contributed by atoms with Crippen molar-refractivity contribution in [1.29, 1.82) is 0 Å². The van der Waals surface area contributed by atoms with Gasteiger partial charge in [0.15, 0.2) is 0 Å². The van der Waals surface area contributed by atoms with Gasteiger partial charge in [0, 0.05) is 56.9 Å². The fraction of sp³-hybridized carbons (Fsp3) is 0.255. The zero-order valence-corrected chi connectivity index (χ0v) is 33.0. The van der Waals surface area contributed by atoms with Crippen LogP contribution in [0.4, 0.5) is 34.1 Å². The molecule has 0 spiro atoms. The number of benzene rings is 6. The number of furan rings is 2. The molecule has 0 unspecified atom stereocenters. The predicted molar refractivity (Wildman–Crippen MR) is 239 cm³/mol. The van der Waals surface area contributed by atoms with Crippen LogP contribution in [-0.4, -0.2) is 6.71 Å². The van der Waals surface area contributed by atoms with Gasteiger partial charge in [0.25, 0.3) is 6.71 Å². The first-order chi connectivity index (χ1) is 30.2. The molecule has 0 amide bonds. The van der Waals surface area contributed by atoms with Gasteiger partial charge in [0.1, 0.15) is 16.7 Å². The van der Waals surface area contributed by atoms with Crippen molar-refractivity contribution in [3.05, 3.63) is 136 Å². The molecule has 0 N–H and O–H groups in total. The molecule has 0 fully saturated rings. The minimum absolute atomic E-state index is 0.117. The standard InChI is InChI=1S/C51H49BN2O2/c1-28-20-42-47-43(21-28)54(36-18-14-34(15-19-36)51(9,10)11)48-39-23-30(3)32(5)25-45(39)56-49(48)52(47)40-27-46-38(37-22-29(2)31(4)24-44(37)55-46)26-41(40)53(42)35-16-12-33(13-17-35)50(6,7)8/h12-27H,1-11H3/i1D3,3D3,5D3. The van der Waals surface area contributed by atoms with Gasteiger partial charge in [-0.2, -0.15) is 0 Å². The van der Waals surface area contributed by atoms with Crippen LogP contribution in [0.2, 0.25) is 0 Å². The van der Waals surface area contributed by atoms with E-state index in [0.717, 1.165) is 60.9 Å². The molecular formula is C51H49BN2O2. The Bertz CT molecular complexity index is 3270. The third kappa shape index (κ3) is 5.05. The lowest BCUT2D eigenvalue weighted by Crippen LogP contribution is -2.61. The van der Waals surface area contributed by atoms with Gasteiger partial charge in [-0.3, -0.25) is 0 Å². The van der Waals surface area contributed by atoms with Gasteiger partial charge in [-0.1, -0.05) is 65.8 Å². The second-order valence-electron chi connectivity index (χ2n) is 17.8. The van der Waals surface area contributed by atoms with Crippen LogP contribution >= 0.6 is 0 Å². The first-order valence-corrected chi connectivity index (χ1v) is 19.3. The van der Waals surface area contributed by atoms with E-state index in [9.17, 15) is 0 Å². The minimum atomic E-state index is -2.78. The van der Waals surface area contributed by atoms with Gasteiger partial charge in [0.05, 0.1) is 11.3 Å². The van der Waals surface area contributed by atoms with E-state index in [1.54, 1.807) is 12.1 Å². The first-order valence-electron chi connectivity index (χ1n) is 23.8. The fourth-order valence-corrected chi connectivity index (χ4v) is 8.82. The van der Waals surface area contributed by atoms with Crippen molar-refractivity contribution in [1.82, 2.24) is 0 Å². The highest BCUT2D eigenvalue weighted by atomic mass is 16.3. The average Bonchev–Trinajstić information content (AvgIpc) is 3.75. The summed E-state index contributed by atoms with van der Waals surface area (Å²) >= 11 is 0. The topological polar surface area (TPSA) is 32.8 Å². The van der Waals surface area contributed by atoms with E-state index in [1.807, 2.05) is 41.3 Å². The molecule has 0 radical (unpaired) electrons. The molecule has 4 nitrogen and oxygen atoms in total. The maximum Gasteiger partial charge on any atom is 0.297 e. The largest absolute Gasteiger partial charge is 0.468 e. The van der Waals surface area contributed by atoms with E-state index in [2.05, 4.69) is 96.7 Å². The lowest BCUT2D eigenvalue weighted by atomic mass is 9.35. The second-order valence-corrected chi connectivity index (χ2v) is 17.8. The Kier molecular flexibility index (Phi) is 5.47. The van der Waals surface area contributed by atoms with Crippen molar-refractivity contribution in [3.63, 3.8) is 0 Å². The maximum atomic E-state index is 8.90. The third-order valence-electron chi connectivity index (χ3n) is 12.0. The minimum Gasteiger partial charge on any atom is -0.468 e. The first kappa shape index (κ1) is 26.2. The molecule has 2 aliphatic heterocycles. The average molecular weight is 742 g/mol. The van der Waals surface area contributed by atoms with Crippen molar-refractivity contribution < 1.29 is 21.2 Å². The summed E-state index contributed by atoms with van der Waals surface area (Å²) in [7, 11) is 0. The Labute approximate surface area is 343 Å². The number of rotatable bonds is 2. The molecule has 5 heteroatoms. The maximum absolute atomic E-state index is 8.90. The number of fused-ring (bicyclic) bond motifs is 9. The van der Waals surface area contributed by atoms with Crippen LogP contribution in [0.5, 0.6) is 0 Å². The molecule has 4 heterocycles. The Morgan fingerprint density at radius 1 is 0.518 bits per heavy atom. The van der Waals surface area contributed by atoms with E-state index < -0.39 is 27.3 Å². The predicted octanol–water partition coefficient (Wildman–Crippen LogP) is 12.6. The van der Waals surface area contributed by atoms with Crippen molar-refractivity contribution in [2.45, 2.75) is 86.8 Å². The van der Waals surface area contributed by atoms with Gasteiger partial charge >= 0.3 is 0 Å². The van der Waals surface area contributed by atoms with Gasteiger partial charge in [-0.05, 0) is 168 Å². The summed E-state index contributed by atoms with van der Waals surface area (Å²) < 4.78 is 91.3. The van der Waals surface area contributed by atoms with Crippen LogP contribution in [0, 0.1) is 34.4 Å². The molecule has 0 saturated heterocycles. The van der Waals surface area contributed by atoms with E-state index >= 15 is 0 Å². The summed E-state index contributed by atoms with van der Waals surface area (Å²) in [5.41, 5.74) is 11.3. The van der Waals surface area contributed by atoms with E-state index in [-0.39, 0.29) is 33.1 Å². The SMILES string of the molecule is [2H]C([2H])([2H])c1cc2c3c(c1)N(c1ccc(C(C)(C)C)cc1)c1c(oc4cc(C([2H])([2H])[2H])c(C([2H])([2H])[2H])cc14)B3c1cc3oc4cc(C)c(C)cc4c3cc1N2c1ccc(C(C)(C)C)cc1. The number of anilines is 6. The summed E-state index contributed by atoms with van der Waals surface area (Å²) in [6, 6.07) is 31.1. The number of nitrogens with zero attached hydrogens (tertiary/aromatic N) is 2. The Morgan fingerprint density at radius 2 is 1.04 bits per heavy atom. The summed E-state index contributed by atoms with van der Waals surface area (Å²) in [6.07, 6.45) is 0. The van der Waals surface area contributed by atoms with Gasteiger partial charge in [-0.15, -0.1) is 0 Å². The zero-order valence-electron chi connectivity index (χ0n) is 42.0. The van der Waals surface area contributed by atoms with E-state index in [0.29, 0.717) is 39.4 Å². The molecule has 2 aliphatic rings. The monoisotopic (exact) mass is 741 g/mol. The number of aryl methyl sites for hydroxylation is 5. The van der Waals surface area contributed by atoms with Gasteiger partial charge in [0.2, 0.25) is 0 Å². The normalized spacial score (nSPS) is 16.9. The Hall–Kier alpha value is -5.68. The molecule has 0 atom stereocenters. The molecule has 56 heavy (non-hydrogen) atoms. The van der Waals surface area contributed by atoms with Crippen molar-refractivity contribution in [3.8, 4) is 0 Å². The van der Waals surface area contributed by atoms with Crippen LogP contribution in [0.1, 0.15) is 92.8 Å². The molecule has 0 bridgehead atoms. The highest BCUT2D eigenvalue weighted by Gasteiger charge is 2.47. The fourth-order valence-electron chi connectivity index (χ4n) is 8.82. The highest BCUT2D eigenvalue weighted by molar-refractivity contribution is 7.00. The summed E-state index contributed by atoms with van der Waals surface area (Å²) in [5, 5.41) is 2.23. The quantitative estimate of drug-likeness (QED) is 0.165. The molecule has 2 aromatic heterocycles. The molecule has 8 aromatic rings. The van der Waals surface area contributed by atoms with Crippen molar-refractivity contribution >= 4 is 90.3 Å². The molecule has 0 saturated carbocycles. The molecule has 0 aliphatic carbocycles. The Morgan fingerprint density at radius 3 is 1.66 bits per heavy atom. The number of hydrogen-bond acceptors (Lipinski definition) is 4. The molecule has 278 valence electrons. The van der Waals surface area contributed by atoms with Crippen LogP contribution in [0.25, 0.3) is 32.9 Å². The molecule has 10 rings (SSSR count). The van der Waals surface area contributed by atoms with Gasteiger partial charge < -0.3 is 18.6 Å². The van der Waals surface area contributed by atoms with E-state index in [1.165, 1.54) is 12.1 Å². The number of hydrogen-bond donors (Lipinski definition) is 0. The Balaban J connectivity index is 1.38. The second kappa shape index (κ2) is 11.7. The zero-order chi connectivity index (χ0) is 46.7. The summed E-state index contributed by atoms with van der Waals surface area (Å²) in [6.45, 7) is 8.27. The van der Waals surface area contributed by atoms with Crippen LogP contribution in [-0.2, 0) is 10.8 Å². The van der Waals surface area contributed by atoms with Crippen LogP contribution in [0.3, 0.4) is 0 Å². The van der Waals surface area contributed by atoms with Gasteiger partial charge in [-0.25, -0.2) is 0 Å². The smallest absolute Gasteiger partial charge is 0.297 e. The summed E-state index contributed by atoms with van der Waals surface area (Å²) in [4.78, 5) is 4.10. The third-order valence-corrected chi connectivity index (χ3v) is 12.0. The molecule has 6 aromatic carbocycles.